The zero-order valence-electron chi connectivity index (χ0n) is 17.1. The van der Waals surface area contributed by atoms with Crippen molar-refractivity contribution in [2.45, 2.75) is 11.8 Å². The molecule has 0 saturated carbocycles. The smallest absolute Gasteiger partial charge is 0.261 e. The molecule has 0 fully saturated rings. The summed E-state index contributed by atoms with van der Waals surface area (Å²) in [5.41, 5.74) is 1.42. The molecule has 0 unspecified atom stereocenters. The van der Waals surface area contributed by atoms with Crippen LogP contribution < -0.4 is 14.8 Å². The molecule has 7 nitrogen and oxygen atoms in total. The monoisotopic (exact) mass is 440 g/mol. The van der Waals surface area contributed by atoms with Gasteiger partial charge in [0.1, 0.15) is 12.4 Å². The summed E-state index contributed by atoms with van der Waals surface area (Å²) in [5.74, 6) is 0.343. The average molecular weight is 441 g/mol. The van der Waals surface area contributed by atoms with Gasteiger partial charge in [0.25, 0.3) is 15.9 Å². The van der Waals surface area contributed by atoms with E-state index in [0.29, 0.717) is 42.5 Å². The second kappa shape index (κ2) is 10.6. The van der Waals surface area contributed by atoms with Crippen molar-refractivity contribution in [3.05, 3.63) is 84.4 Å². The summed E-state index contributed by atoms with van der Waals surface area (Å²) in [5, 5.41) is 2.75. The van der Waals surface area contributed by atoms with Gasteiger partial charge in [-0.15, -0.1) is 0 Å². The van der Waals surface area contributed by atoms with Crippen molar-refractivity contribution in [3.8, 4) is 5.75 Å². The zero-order chi connectivity index (χ0) is 22.1. The van der Waals surface area contributed by atoms with Gasteiger partial charge < -0.3 is 14.8 Å². The molecule has 0 aliphatic heterocycles. The van der Waals surface area contributed by atoms with Gasteiger partial charge in [0.15, 0.2) is 0 Å². The predicted molar refractivity (Wildman–Crippen MR) is 120 cm³/mol. The molecule has 0 aliphatic carbocycles. The maximum atomic E-state index is 12.5. The third kappa shape index (κ3) is 6.56. The summed E-state index contributed by atoms with van der Waals surface area (Å²) in [6.07, 6.45) is 0. The molecule has 0 aliphatic rings. The number of hydrogen-bond acceptors (Lipinski definition) is 5. The van der Waals surface area contributed by atoms with Gasteiger partial charge in [-0.1, -0.05) is 18.2 Å². The summed E-state index contributed by atoms with van der Waals surface area (Å²) >= 11 is 0. The van der Waals surface area contributed by atoms with E-state index in [1.165, 1.54) is 12.1 Å². The van der Waals surface area contributed by atoms with E-state index < -0.39 is 10.0 Å². The Labute approximate surface area is 182 Å². The first-order valence-corrected chi connectivity index (χ1v) is 11.3. The Morgan fingerprint density at radius 1 is 0.839 bits per heavy atom. The van der Waals surface area contributed by atoms with Crippen LogP contribution in [0.5, 0.6) is 5.75 Å². The van der Waals surface area contributed by atoms with Crippen molar-refractivity contribution in [3.63, 3.8) is 0 Å². The molecule has 3 aromatic carbocycles. The van der Waals surface area contributed by atoms with Crippen LogP contribution in [0.25, 0.3) is 0 Å². The molecular formula is C23H24N2O5S. The molecule has 0 radical (unpaired) electrons. The average Bonchev–Trinajstić information content (AvgIpc) is 2.78. The molecule has 0 aromatic heterocycles. The van der Waals surface area contributed by atoms with Gasteiger partial charge >= 0.3 is 0 Å². The standard InChI is InChI=1S/C23H24N2O5S/c1-2-29-16-17-30-21-12-8-18(9-13-21)23(26)24-19-10-14-22(15-11-19)31(27,28)25-20-6-4-3-5-7-20/h3-15,25H,2,16-17H2,1H3,(H,24,26). The predicted octanol–water partition coefficient (Wildman–Crippen LogP) is 4.16. The van der Waals surface area contributed by atoms with Crippen LogP contribution in [0, 0.1) is 0 Å². The second-order valence-electron chi connectivity index (χ2n) is 6.52. The Hall–Kier alpha value is -3.36. The molecule has 31 heavy (non-hydrogen) atoms. The first-order chi connectivity index (χ1) is 15.0. The Morgan fingerprint density at radius 2 is 1.52 bits per heavy atom. The number of nitrogens with one attached hydrogen (secondary N) is 2. The third-order valence-electron chi connectivity index (χ3n) is 4.27. The molecule has 0 atom stereocenters. The van der Waals surface area contributed by atoms with E-state index in [1.807, 2.05) is 6.92 Å². The van der Waals surface area contributed by atoms with Crippen molar-refractivity contribution in [1.82, 2.24) is 0 Å². The molecule has 8 heteroatoms. The summed E-state index contributed by atoms with van der Waals surface area (Å²) in [6.45, 7) is 3.50. The minimum Gasteiger partial charge on any atom is -0.491 e. The Morgan fingerprint density at radius 3 is 2.16 bits per heavy atom. The molecule has 1 amide bonds. The highest BCUT2D eigenvalue weighted by Crippen LogP contribution is 2.19. The van der Waals surface area contributed by atoms with Crippen molar-refractivity contribution >= 4 is 27.3 Å². The Balaban J connectivity index is 1.58. The molecule has 0 saturated heterocycles. The SMILES string of the molecule is CCOCCOc1ccc(C(=O)Nc2ccc(S(=O)(=O)Nc3ccccc3)cc2)cc1. The van der Waals surface area contributed by atoms with E-state index in [1.54, 1.807) is 66.7 Å². The number of sulfonamides is 1. The van der Waals surface area contributed by atoms with Crippen LogP contribution in [-0.4, -0.2) is 34.1 Å². The summed E-state index contributed by atoms with van der Waals surface area (Å²) in [7, 11) is -3.71. The van der Waals surface area contributed by atoms with E-state index in [0.717, 1.165) is 0 Å². The number of carbonyl (C=O) groups is 1. The highest BCUT2D eigenvalue weighted by atomic mass is 32.2. The van der Waals surface area contributed by atoms with Gasteiger partial charge in [0, 0.05) is 23.5 Å². The summed E-state index contributed by atoms with van der Waals surface area (Å²) in [4.78, 5) is 12.5. The maximum absolute atomic E-state index is 12.5. The van der Waals surface area contributed by atoms with Crippen molar-refractivity contribution < 1.29 is 22.7 Å². The topological polar surface area (TPSA) is 93.7 Å². The first-order valence-electron chi connectivity index (χ1n) is 9.78. The first kappa shape index (κ1) is 22.3. The minimum absolute atomic E-state index is 0.0999. The number of rotatable bonds is 10. The zero-order valence-corrected chi connectivity index (χ0v) is 17.9. The van der Waals surface area contributed by atoms with Crippen molar-refractivity contribution in [2.24, 2.45) is 0 Å². The number of para-hydroxylation sites is 1. The Kier molecular flexibility index (Phi) is 7.64. The van der Waals surface area contributed by atoms with E-state index in [9.17, 15) is 13.2 Å². The number of ether oxygens (including phenoxy) is 2. The molecular weight excluding hydrogens is 416 g/mol. The lowest BCUT2D eigenvalue weighted by Crippen LogP contribution is -2.14. The summed E-state index contributed by atoms with van der Waals surface area (Å²) in [6, 6.07) is 21.4. The lowest BCUT2D eigenvalue weighted by atomic mass is 10.2. The van der Waals surface area contributed by atoms with Gasteiger partial charge in [0.05, 0.1) is 11.5 Å². The molecule has 3 rings (SSSR count). The van der Waals surface area contributed by atoms with Crippen molar-refractivity contribution in [1.29, 1.82) is 0 Å². The fourth-order valence-corrected chi connectivity index (χ4v) is 3.76. The van der Waals surface area contributed by atoms with Crippen LogP contribution >= 0.6 is 0 Å². The van der Waals surface area contributed by atoms with E-state index in [4.69, 9.17) is 9.47 Å². The van der Waals surface area contributed by atoms with Gasteiger partial charge in [-0.25, -0.2) is 8.42 Å². The van der Waals surface area contributed by atoms with Crippen LogP contribution in [0.4, 0.5) is 11.4 Å². The second-order valence-corrected chi connectivity index (χ2v) is 8.20. The number of carbonyl (C=O) groups excluding carboxylic acids is 1. The lowest BCUT2D eigenvalue weighted by Gasteiger charge is -2.10. The van der Waals surface area contributed by atoms with E-state index >= 15 is 0 Å². The van der Waals surface area contributed by atoms with Crippen LogP contribution in [0.1, 0.15) is 17.3 Å². The van der Waals surface area contributed by atoms with Gasteiger partial charge in [0.2, 0.25) is 0 Å². The Bertz CT molecular complexity index is 1080. The number of benzene rings is 3. The summed E-state index contributed by atoms with van der Waals surface area (Å²) < 4.78 is 38.2. The highest BCUT2D eigenvalue weighted by Gasteiger charge is 2.14. The van der Waals surface area contributed by atoms with Gasteiger partial charge in [-0.2, -0.15) is 0 Å². The van der Waals surface area contributed by atoms with Gasteiger partial charge in [-0.05, 0) is 67.6 Å². The van der Waals surface area contributed by atoms with E-state index in [2.05, 4.69) is 10.0 Å². The fraction of sp³-hybridized carbons (Fsp3) is 0.174. The highest BCUT2D eigenvalue weighted by molar-refractivity contribution is 7.92. The molecule has 0 bridgehead atoms. The molecule has 0 heterocycles. The number of hydrogen-bond donors (Lipinski definition) is 2. The van der Waals surface area contributed by atoms with Gasteiger partial charge in [-0.3, -0.25) is 9.52 Å². The van der Waals surface area contributed by atoms with Crippen LogP contribution in [0.3, 0.4) is 0 Å². The molecule has 0 spiro atoms. The fourth-order valence-electron chi connectivity index (χ4n) is 2.71. The van der Waals surface area contributed by atoms with Crippen LogP contribution in [0.2, 0.25) is 0 Å². The third-order valence-corrected chi connectivity index (χ3v) is 5.66. The van der Waals surface area contributed by atoms with E-state index in [-0.39, 0.29) is 10.8 Å². The largest absolute Gasteiger partial charge is 0.491 e. The molecule has 162 valence electrons. The van der Waals surface area contributed by atoms with Crippen LogP contribution in [-0.2, 0) is 14.8 Å². The van der Waals surface area contributed by atoms with Crippen molar-refractivity contribution in [2.75, 3.05) is 29.9 Å². The lowest BCUT2D eigenvalue weighted by molar-refractivity contribution is 0.102. The molecule has 2 N–H and O–H groups in total. The number of anilines is 2. The van der Waals surface area contributed by atoms with Crippen LogP contribution in [0.15, 0.2) is 83.8 Å². The quantitative estimate of drug-likeness (QED) is 0.462. The number of amides is 1. The molecule has 3 aromatic rings. The minimum atomic E-state index is -3.71. The normalized spacial score (nSPS) is 11.0. The maximum Gasteiger partial charge on any atom is 0.261 e.